The number of allylic oxidation sites excluding steroid dienone is 4. The van der Waals surface area contributed by atoms with Gasteiger partial charge in [-0.15, -0.1) is 0 Å². The molecule has 1 saturated heterocycles. The van der Waals surface area contributed by atoms with Crippen molar-refractivity contribution in [3.63, 3.8) is 0 Å². The summed E-state index contributed by atoms with van der Waals surface area (Å²) in [5.41, 5.74) is -6.69. The van der Waals surface area contributed by atoms with Gasteiger partial charge in [0.2, 0.25) is 17.7 Å². The highest BCUT2D eigenvalue weighted by atomic mass is 79.9. The first-order valence-electron chi connectivity index (χ1n) is 23.6. The molecule has 3 amide bonds. The lowest BCUT2D eigenvalue weighted by Crippen LogP contribution is -2.70. The average Bonchev–Trinajstić information content (AvgIpc) is 3.76. The predicted molar refractivity (Wildman–Crippen MR) is 259 cm³/mol. The van der Waals surface area contributed by atoms with Crippen LogP contribution in [0.4, 0.5) is 14.5 Å². The van der Waals surface area contributed by atoms with Gasteiger partial charge in [-0.3, -0.25) is 37.5 Å². The van der Waals surface area contributed by atoms with E-state index in [0.717, 1.165) is 17.2 Å². The second-order valence-corrected chi connectivity index (χ2v) is 23.8. The zero-order valence-corrected chi connectivity index (χ0v) is 43.7. The van der Waals surface area contributed by atoms with Crippen LogP contribution in [0.1, 0.15) is 111 Å². The van der Waals surface area contributed by atoms with Gasteiger partial charge in [-0.05, 0) is 135 Å². The summed E-state index contributed by atoms with van der Waals surface area (Å²) in [7, 11) is -4.44. The quantitative estimate of drug-likeness (QED) is 0.0989. The van der Waals surface area contributed by atoms with E-state index >= 15 is 13.6 Å². The van der Waals surface area contributed by atoms with Crippen molar-refractivity contribution in [1.29, 1.82) is 0 Å². The molecule has 70 heavy (non-hydrogen) atoms. The molecule has 2 aromatic rings. The van der Waals surface area contributed by atoms with Crippen LogP contribution in [0, 0.1) is 22.7 Å². The number of amides is 3. The Morgan fingerprint density at radius 1 is 0.929 bits per heavy atom. The third-order valence-corrected chi connectivity index (χ3v) is 16.9. The molecule has 19 heteroatoms. The van der Waals surface area contributed by atoms with Crippen molar-refractivity contribution in [1.82, 2.24) is 10.6 Å². The number of phosphoric ester groups is 1. The van der Waals surface area contributed by atoms with Gasteiger partial charge in [0.25, 0.3) is 0 Å². The van der Waals surface area contributed by atoms with E-state index in [1.165, 1.54) is 32.9 Å². The van der Waals surface area contributed by atoms with Crippen LogP contribution >= 0.6 is 23.8 Å². The van der Waals surface area contributed by atoms with Gasteiger partial charge >= 0.3 is 7.82 Å². The molecule has 15 nitrogen and oxygen atoms in total. The molecule has 4 aliphatic carbocycles. The Hall–Kier alpha value is -4.00. The first kappa shape index (κ1) is 53.8. The number of alkyl halides is 3. The Labute approximate surface area is 416 Å². The van der Waals surface area contributed by atoms with E-state index in [1.54, 1.807) is 78.8 Å². The third kappa shape index (κ3) is 10.2. The van der Waals surface area contributed by atoms with Gasteiger partial charge in [0.05, 0.1) is 28.7 Å². The van der Waals surface area contributed by atoms with Gasteiger partial charge in [-0.25, -0.2) is 13.3 Å². The average molecular weight is 1060 g/mol. The fourth-order valence-electron chi connectivity index (χ4n) is 11.4. The largest absolute Gasteiger partial charge is 0.476 e. The molecule has 4 fully saturated rings. The third-order valence-electron chi connectivity index (χ3n) is 14.4. The molecule has 4 N–H and O–H groups in total. The number of phosphoric acid groups is 1. The first-order chi connectivity index (χ1) is 32.5. The van der Waals surface area contributed by atoms with Crippen LogP contribution in [-0.2, 0) is 58.0 Å². The predicted octanol–water partition coefficient (Wildman–Crippen LogP) is 8.03. The smallest absolute Gasteiger partial charge is 0.390 e. The minimum Gasteiger partial charge on any atom is -0.390 e. The van der Waals surface area contributed by atoms with Crippen molar-refractivity contribution in [3.05, 3.63) is 89.0 Å². The van der Waals surface area contributed by atoms with Gasteiger partial charge in [0.1, 0.15) is 24.9 Å². The van der Waals surface area contributed by atoms with Gasteiger partial charge in [0.15, 0.2) is 29.1 Å². The molecule has 12 atom stereocenters. The lowest BCUT2D eigenvalue weighted by molar-refractivity contribution is -0.235. The summed E-state index contributed by atoms with van der Waals surface area (Å²) in [4.78, 5) is 64.8. The molecule has 0 spiro atoms. The molecule has 7 rings (SSSR count). The Morgan fingerprint density at radius 3 is 2.20 bits per heavy atom. The molecule has 382 valence electrons. The number of ether oxygens (including phenoxy) is 2. The molecule has 5 aliphatic rings. The molecule has 1 aliphatic heterocycles. The van der Waals surface area contributed by atoms with E-state index in [1.807, 2.05) is 18.2 Å². The Bertz CT molecular complexity index is 2490. The van der Waals surface area contributed by atoms with Crippen LogP contribution in [0.15, 0.2) is 72.3 Å². The minimum atomic E-state index is -4.44. The summed E-state index contributed by atoms with van der Waals surface area (Å²) in [5, 5.41) is 20.1. The summed E-state index contributed by atoms with van der Waals surface area (Å²) in [6, 6.07) is 12.8. The maximum atomic E-state index is 18.2. The zero-order valence-electron chi connectivity index (χ0n) is 41.2. The fraction of sp³-hybridized carbons (Fsp3) is 0.588. The normalized spacial score (nSPS) is 32.4. The first-order valence-corrected chi connectivity index (χ1v) is 26.2. The molecule has 2 aromatic carbocycles. The highest BCUT2D eigenvalue weighted by Crippen LogP contribution is 2.73. The van der Waals surface area contributed by atoms with Crippen molar-refractivity contribution in [3.8, 4) is 0 Å². The second kappa shape index (κ2) is 19.4. The van der Waals surface area contributed by atoms with E-state index in [-0.39, 0.29) is 36.1 Å². The molecular weight excluding hydrogens is 995 g/mol. The van der Waals surface area contributed by atoms with Crippen molar-refractivity contribution >= 4 is 58.7 Å². The number of carbonyl (C=O) groups excluding carboxylic acids is 5. The molecule has 3 saturated carbocycles. The Balaban J connectivity index is 1.13. The highest BCUT2D eigenvalue weighted by molar-refractivity contribution is 9.09. The van der Waals surface area contributed by atoms with Crippen molar-refractivity contribution in [2.45, 2.75) is 154 Å². The van der Waals surface area contributed by atoms with E-state index in [9.17, 15) is 28.8 Å². The summed E-state index contributed by atoms with van der Waals surface area (Å²) < 4.78 is 79.9. The molecular formula is C51H65BrF2N3O12P. The maximum Gasteiger partial charge on any atom is 0.476 e. The van der Waals surface area contributed by atoms with E-state index in [2.05, 4.69) is 31.9 Å². The zero-order chi connectivity index (χ0) is 51.6. The summed E-state index contributed by atoms with van der Waals surface area (Å²) >= 11 is 3.04. The molecule has 1 heterocycles. The number of halogens is 3. The van der Waals surface area contributed by atoms with Crippen molar-refractivity contribution in [2.75, 3.05) is 17.3 Å². The van der Waals surface area contributed by atoms with Crippen LogP contribution in [0.2, 0.25) is 0 Å². The van der Waals surface area contributed by atoms with E-state index in [0.29, 0.717) is 17.7 Å². The molecule has 0 bridgehead atoms. The second-order valence-electron chi connectivity index (χ2n) is 21.7. The van der Waals surface area contributed by atoms with Crippen molar-refractivity contribution < 1.29 is 65.5 Å². The van der Waals surface area contributed by atoms with Crippen LogP contribution in [-0.4, -0.2) is 99.3 Å². The number of hydrogen-bond acceptors (Lipinski definition) is 12. The number of anilines is 1. The number of nitrogens with one attached hydrogen (secondary N) is 3. The van der Waals surface area contributed by atoms with E-state index < -0.39 is 120 Å². The summed E-state index contributed by atoms with van der Waals surface area (Å²) in [5.74, 6) is -4.41. The maximum absolute atomic E-state index is 18.2. The summed E-state index contributed by atoms with van der Waals surface area (Å²) in [6.45, 7) is 15.4. The number of aliphatic hydroxyl groups excluding tert-OH is 1. The molecule has 0 unspecified atom stereocenters. The lowest BCUT2D eigenvalue weighted by atomic mass is 9.44. The summed E-state index contributed by atoms with van der Waals surface area (Å²) in [6.07, 6.45) is -2.12. The van der Waals surface area contributed by atoms with E-state index in [4.69, 9.17) is 23.0 Å². The topological polar surface area (TPSA) is 205 Å². The van der Waals surface area contributed by atoms with Crippen molar-refractivity contribution in [2.24, 2.45) is 22.7 Å². The van der Waals surface area contributed by atoms with Gasteiger partial charge in [-0.1, -0.05) is 65.3 Å². The van der Waals surface area contributed by atoms with Crippen LogP contribution in [0.25, 0.3) is 0 Å². The number of carbonyl (C=O) groups is 5. The Morgan fingerprint density at radius 2 is 1.57 bits per heavy atom. The van der Waals surface area contributed by atoms with Crippen LogP contribution in [0.3, 0.4) is 0 Å². The number of hydrogen-bond donors (Lipinski definition) is 4. The highest BCUT2D eigenvalue weighted by Gasteiger charge is 2.80. The fourth-order valence-corrected chi connectivity index (χ4v) is 13.3. The number of aliphatic hydroxyl groups is 1. The SMILES string of the molecule is C[C@H](NC(=O)CBr)C(=O)N[C@@H](C)C(=O)Nc1cccc(Cc2ccc([C@@H]3O[C@@H]4C[C@H]5[C@@H]6C[C@H](F)C7=CC(=O)C=C[C@]7(C)[C@@]6(F)[C@@H](O)C[C@]5(C)[C@]4(C(=O)COP(=O)(OC(C)(C)C)OC(C)(C)C)O3)cc2)c1. The molecule has 0 radical (unpaired) electrons. The van der Waals surface area contributed by atoms with Gasteiger partial charge in [0, 0.05) is 28.0 Å². The Kier molecular flexibility index (Phi) is 14.9. The van der Waals surface area contributed by atoms with Gasteiger partial charge < -0.3 is 30.5 Å². The lowest BCUT2D eigenvalue weighted by Gasteiger charge is -2.63. The number of rotatable bonds is 15. The number of benzene rings is 2. The monoisotopic (exact) mass is 1060 g/mol. The van der Waals surface area contributed by atoms with Gasteiger partial charge in [-0.2, -0.15) is 0 Å². The van der Waals surface area contributed by atoms with Crippen LogP contribution < -0.4 is 16.0 Å². The molecule has 0 aromatic heterocycles. The number of fused-ring (bicyclic) bond motifs is 7. The standard InChI is InChI=1S/C51H65BrF2N3O12P/c1-28(55-42(61)26-52)43(62)56-29(2)44(63)57-33-13-11-12-31(21-33)20-30-14-16-32(17-15-30)45-66-41-24-35-36-23-38(53)37-22-34(58)18-19-48(37,9)50(36,54)39(59)25-49(35,10)51(41,67-45)40(60)27-65-70(64,68-46(3,4)5)69-47(6,7)8/h11-19,21-22,28-29,35-36,38-39,41,45,59H,20,23-27H2,1-10H3,(H,55,61)(H,56,62)(H,57,63)/t28-,29-,35-,36-,38-,39-,41+,45+,48-,49-,50-,51+/m0/s1. The number of Topliss-reactive ketones (excluding diaryl/α,β-unsaturated/α-hetero) is 1. The van der Waals surface area contributed by atoms with Crippen LogP contribution in [0.5, 0.6) is 0 Å². The minimum absolute atomic E-state index is 0.0274. The number of ketones is 2.